The normalized spacial score (nSPS) is 21.1. The number of nitrogens with zero attached hydrogens (tertiary/aromatic N) is 1. The van der Waals surface area contributed by atoms with E-state index in [0.29, 0.717) is 17.6 Å². The summed E-state index contributed by atoms with van der Waals surface area (Å²) >= 11 is 9.29. The molecule has 0 radical (unpaired) electrons. The van der Waals surface area contributed by atoms with E-state index in [1.807, 2.05) is 0 Å². The molecule has 1 fully saturated rings. The summed E-state index contributed by atoms with van der Waals surface area (Å²) in [7, 11) is 0. The molecule has 0 atom stereocenters. The van der Waals surface area contributed by atoms with E-state index < -0.39 is 5.66 Å². The standard InChI is InChI=1S/C11H12BrClN4O2/c12-6-3-7(13)8-9(18)16-11(17(8)10(6)19)4-14-1-2-15-5-11/h3,14-15H,1-2,4-5H2,(H,16,18). The molecule has 2 aliphatic rings. The van der Waals surface area contributed by atoms with Gasteiger partial charge >= 0.3 is 0 Å². The zero-order valence-corrected chi connectivity index (χ0v) is 12.3. The third-order valence-electron chi connectivity index (χ3n) is 3.41. The third kappa shape index (κ3) is 1.92. The van der Waals surface area contributed by atoms with E-state index in [-0.39, 0.29) is 22.2 Å². The summed E-state index contributed by atoms with van der Waals surface area (Å²) < 4.78 is 1.80. The number of halogens is 2. The zero-order chi connectivity index (χ0) is 13.6. The number of rotatable bonds is 0. The average molecular weight is 348 g/mol. The van der Waals surface area contributed by atoms with Gasteiger partial charge in [-0.15, -0.1) is 0 Å². The highest BCUT2D eigenvalue weighted by molar-refractivity contribution is 9.10. The monoisotopic (exact) mass is 346 g/mol. The lowest BCUT2D eigenvalue weighted by molar-refractivity contribution is 0.0919. The van der Waals surface area contributed by atoms with Crippen molar-refractivity contribution in [2.24, 2.45) is 0 Å². The van der Waals surface area contributed by atoms with Crippen LogP contribution in [0.2, 0.25) is 5.02 Å². The topological polar surface area (TPSA) is 75.2 Å². The third-order valence-corrected chi connectivity index (χ3v) is 4.27. The van der Waals surface area contributed by atoms with Crippen LogP contribution in [0.15, 0.2) is 15.3 Å². The Bertz CT molecular complexity index is 607. The van der Waals surface area contributed by atoms with E-state index in [0.717, 1.165) is 13.1 Å². The molecule has 19 heavy (non-hydrogen) atoms. The van der Waals surface area contributed by atoms with E-state index in [2.05, 4.69) is 31.9 Å². The number of fused-ring (bicyclic) bond motifs is 2. The molecular formula is C11H12BrClN4O2. The van der Waals surface area contributed by atoms with Crippen LogP contribution in [0, 0.1) is 0 Å². The second-order valence-corrected chi connectivity index (χ2v) is 5.93. The molecule has 0 unspecified atom stereocenters. The summed E-state index contributed by atoms with van der Waals surface area (Å²) in [4.78, 5) is 24.5. The van der Waals surface area contributed by atoms with E-state index in [4.69, 9.17) is 11.6 Å². The molecule has 0 aromatic carbocycles. The van der Waals surface area contributed by atoms with Gasteiger partial charge in [0.25, 0.3) is 11.5 Å². The van der Waals surface area contributed by atoms with E-state index >= 15 is 0 Å². The summed E-state index contributed by atoms with van der Waals surface area (Å²) in [6.07, 6.45) is 0. The highest BCUT2D eigenvalue weighted by Gasteiger charge is 2.45. The molecule has 3 heterocycles. The van der Waals surface area contributed by atoms with Gasteiger partial charge in [-0.05, 0) is 22.0 Å². The first-order chi connectivity index (χ1) is 9.05. The quantitative estimate of drug-likeness (QED) is 0.610. The highest BCUT2D eigenvalue weighted by atomic mass is 79.9. The zero-order valence-electron chi connectivity index (χ0n) is 9.93. The van der Waals surface area contributed by atoms with E-state index in [1.165, 1.54) is 10.6 Å². The molecule has 0 saturated carbocycles. The number of hydrogen-bond donors (Lipinski definition) is 3. The van der Waals surface area contributed by atoms with Crippen molar-refractivity contribution in [2.75, 3.05) is 26.2 Å². The summed E-state index contributed by atoms with van der Waals surface area (Å²) in [6, 6.07) is 1.46. The van der Waals surface area contributed by atoms with Crippen LogP contribution in [0.25, 0.3) is 0 Å². The molecule has 0 aliphatic carbocycles. The van der Waals surface area contributed by atoms with Gasteiger partial charge in [0.1, 0.15) is 11.4 Å². The average Bonchev–Trinajstić information content (AvgIpc) is 2.50. The summed E-state index contributed by atoms with van der Waals surface area (Å²) in [5, 5.41) is 9.57. The lowest BCUT2D eigenvalue weighted by atomic mass is 10.1. The number of hydrogen-bond acceptors (Lipinski definition) is 4. The maximum atomic E-state index is 12.4. The van der Waals surface area contributed by atoms with E-state index in [9.17, 15) is 9.59 Å². The van der Waals surface area contributed by atoms with Crippen molar-refractivity contribution in [1.82, 2.24) is 20.5 Å². The molecule has 1 aromatic heterocycles. The number of nitrogens with one attached hydrogen (secondary N) is 3. The van der Waals surface area contributed by atoms with E-state index in [1.54, 1.807) is 0 Å². The molecular weight excluding hydrogens is 336 g/mol. The van der Waals surface area contributed by atoms with Crippen LogP contribution in [-0.4, -0.2) is 36.7 Å². The molecule has 1 saturated heterocycles. The minimum Gasteiger partial charge on any atom is -0.325 e. The van der Waals surface area contributed by atoms with Crippen LogP contribution in [0.5, 0.6) is 0 Å². The van der Waals surface area contributed by atoms with Gasteiger partial charge in [0, 0.05) is 26.2 Å². The predicted molar refractivity (Wildman–Crippen MR) is 74.6 cm³/mol. The largest absolute Gasteiger partial charge is 0.325 e. The van der Waals surface area contributed by atoms with Crippen molar-refractivity contribution < 1.29 is 4.79 Å². The number of pyridine rings is 1. The molecule has 0 bridgehead atoms. The van der Waals surface area contributed by atoms with Crippen molar-refractivity contribution in [3.8, 4) is 0 Å². The molecule has 1 spiro atoms. The minimum atomic E-state index is -0.798. The highest BCUT2D eigenvalue weighted by Crippen LogP contribution is 2.28. The summed E-state index contributed by atoms with van der Waals surface area (Å²) in [6.45, 7) is 2.52. The first-order valence-electron chi connectivity index (χ1n) is 5.91. The molecule has 6 nitrogen and oxygen atoms in total. The van der Waals surface area contributed by atoms with Crippen molar-refractivity contribution in [2.45, 2.75) is 5.66 Å². The van der Waals surface area contributed by atoms with Crippen molar-refractivity contribution >= 4 is 33.4 Å². The van der Waals surface area contributed by atoms with Gasteiger partial charge in [0.15, 0.2) is 0 Å². The Morgan fingerprint density at radius 3 is 2.53 bits per heavy atom. The fourth-order valence-corrected chi connectivity index (χ4v) is 3.39. The SMILES string of the molecule is O=C1NC2(CNCCNC2)n2c1c(Cl)cc(Br)c2=O. The van der Waals surface area contributed by atoms with Crippen molar-refractivity contribution in [1.29, 1.82) is 0 Å². The van der Waals surface area contributed by atoms with Crippen LogP contribution >= 0.6 is 27.5 Å². The number of carbonyl (C=O) groups excluding carboxylic acids is 1. The first-order valence-corrected chi connectivity index (χ1v) is 7.08. The van der Waals surface area contributed by atoms with Crippen LogP contribution in [0.4, 0.5) is 0 Å². The predicted octanol–water partition coefficient (Wildman–Crippen LogP) is -0.147. The van der Waals surface area contributed by atoms with Gasteiger partial charge in [0.2, 0.25) is 0 Å². The van der Waals surface area contributed by atoms with Gasteiger partial charge in [-0.1, -0.05) is 11.6 Å². The lowest BCUT2D eigenvalue weighted by Gasteiger charge is -2.30. The molecule has 1 aromatic rings. The second-order valence-electron chi connectivity index (χ2n) is 4.67. The molecule has 2 aliphatic heterocycles. The fourth-order valence-electron chi connectivity index (χ4n) is 2.58. The van der Waals surface area contributed by atoms with Crippen molar-refractivity contribution in [3.05, 3.63) is 31.6 Å². The van der Waals surface area contributed by atoms with Crippen molar-refractivity contribution in [3.63, 3.8) is 0 Å². The maximum Gasteiger partial charge on any atom is 0.271 e. The minimum absolute atomic E-state index is 0.223. The number of amides is 1. The summed E-state index contributed by atoms with van der Waals surface area (Å²) in [5.41, 5.74) is -0.837. The Morgan fingerprint density at radius 1 is 1.26 bits per heavy atom. The Kier molecular flexibility index (Phi) is 3.17. The van der Waals surface area contributed by atoms with Gasteiger partial charge < -0.3 is 16.0 Å². The van der Waals surface area contributed by atoms with Gasteiger partial charge in [-0.2, -0.15) is 0 Å². The number of carbonyl (C=O) groups is 1. The lowest BCUT2D eigenvalue weighted by Crippen LogP contribution is -2.57. The van der Waals surface area contributed by atoms with Gasteiger partial charge in [0.05, 0.1) is 9.50 Å². The molecule has 1 amide bonds. The Hall–Kier alpha value is -0.890. The summed E-state index contributed by atoms with van der Waals surface area (Å²) in [5.74, 6) is -0.319. The molecule has 3 rings (SSSR count). The van der Waals surface area contributed by atoms with Crippen LogP contribution in [0.1, 0.15) is 10.5 Å². The van der Waals surface area contributed by atoms with Gasteiger partial charge in [-0.3, -0.25) is 14.2 Å². The fraction of sp³-hybridized carbons (Fsp3) is 0.455. The van der Waals surface area contributed by atoms with Gasteiger partial charge in [-0.25, -0.2) is 0 Å². The smallest absolute Gasteiger partial charge is 0.271 e. The van der Waals surface area contributed by atoms with Crippen LogP contribution in [-0.2, 0) is 5.66 Å². The second kappa shape index (κ2) is 4.59. The first kappa shape index (κ1) is 13.1. The van der Waals surface area contributed by atoms with Crippen LogP contribution in [0.3, 0.4) is 0 Å². The Morgan fingerprint density at radius 2 is 1.89 bits per heavy atom. The molecule has 102 valence electrons. The number of aromatic nitrogens is 1. The Balaban J connectivity index is 2.25. The maximum absolute atomic E-state index is 12.4. The molecule has 8 heteroatoms. The van der Waals surface area contributed by atoms with Crippen LogP contribution < -0.4 is 21.5 Å². The Labute approximate surface area is 122 Å². The molecule has 3 N–H and O–H groups in total.